The summed E-state index contributed by atoms with van der Waals surface area (Å²) >= 11 is 4.41. The van der Waals surface area contributed by atoms with Crippen molar-refractivity contribution in [2.75, 3.05) is 0 Å². The molecule has 0 aromatic carbocycles. The fourth-order valence-corrected chi connectivity index (χ4v) is 1.86. The molecule has 19 heavy (non-hydrogen) atoms. The SMILES string of the molecule is NC(=S)C(Cn1ccn2nccc2c1=O)C(F)(F)F. The molecule has 0 amide bonds. The van der Waals surface area contributed by atoms with E-state index in [4.69, 9.17) is 5.73 Å². The van der Waals surface area contributed by atoms with Gasteiger partial charge in [-0.05, 0) is 6.07 Å². The van der Waals surface area contributed by atoms with Crippen LogP contribution in [0.1, 0.15) is 0 Å². The minimum absolute atomic E-state index is 0.186. The van der Waals surface area contributed by atoms with Crippen molar-refractivity contribution in [1.82, 2.24) is 14.2 Å². The number of rotatable bonds is 3. The molecule has 0 aliphatic rings. The van der Waals surface area contributed by atoms with Crippen LogP contribution < -0.4 is 11.3 Å². The third-order valence-corrected chi connectivity index (χ3v) is 2.94. The van der Waals surface area contributed by atoms with Gasteiger partial charge in [-0.1, -0.05) is 12.2 Å². The number of nitrogens with zero attached hydrogens (tertiary/aromatic N) is 3. The molecule has 2 N–H and O–H groups in total. The Hall–Kier alpha value is -1.90. The molecule has 1 atom stereocenters. The zero-order chi connectivity index (χ0) is 14.2. The molecule has 0 saturated carbocycles. The summed E-state index contributed by atoms with van der Waals surface area (Å²) in [5.74, 6) is -2.04. The van der Waals surface area contributed by atoms with Gasteiger partial charge in [0.05, 0.1) is 11.2 Å². The van der Waals surface area contributed by atoms with E-state index in [0.717, 1.165) is 4.57 Å². The molecular weight excluding hydrogens is 281 g/mol. The highest BCUT2D eigenvalue weighted by molar-refractivity contribution is 7.80. The normalized spacial score (nSPS) is 13.6. The van der Waals surface area contributed by atoms with Crippen LogP contribution in [0.5, 0.6) is 0 Å². The fraction of sp³-hybridized carbons (Fsp3) is 0.300. The van der Waals surface area contributed by atoms with Crippen LogP contribution >= 0.6 is 12.2 Å². The Kier molecular flexibility index (Phi) is 3.31. The van der Waals surface area contributed by atoms with E-state index < -0.39 is 29.2 Å². The van der Waals surface area contributed by atoms with Crippen LogP contribution in [-0.2, 0) is 6.54 Å². The summed E-state index contributed by atoms with van der Waals surface area (Å²) < 4.78 is 40.4. The van der Waals surface area contributed by atoms with Gasteiger partial charge in [-0.15, -0.1) is 0 Å². The highest BCUT2D eigenvalue weighted by atomic mass is 32.1. The van der Waals surface area contributed by atoms with E-state index in [1.54, 1.807) is 0 Å². The number of hydrogen-bond donors (Lipinski definition) is 1. The molecule has 2 aromatic rings. The minimum atomic E-state index is -4.59. The first-order valence-electron chi connectivity index (χ1n) is 5.19. The second-order valence-electron chi connectivity index (χ2n) is 3.91. The Labute approximate surface area is 110 Å². The molecule has 2 rings (SSSR count). The first kappa shape index (κ1) is 13.5. The number of fused-ring (bicyclic) bond motifs is 1. The highest BCUT2D eigenvalue weighted by Crippen LogP contribution is 2.27. The molecule has 0 radical (unpaired) electrons. The Morgan fingerprint density at radius 2 is 2.16 bits per heavy atom. The van der Waals surface area contributed by atoms with E-state index in [-0.39, 0.29) is 5.52 Å². The average Bonchev–Trinajstić information content (AvgIpc) is 2.74. The van der Waals surface area contributed by atoms with Gasteiger partial charge in [-0.2, -0.15) is 18.3 Å². The molecular formula is C10H9F3N4OS. The summed E-state index contributed by atoms with van der Waals surface area (Å²) in [4.78, 5) is 11.2. The predicted molar refractivity (Wildman–Crippen MR) is 65.8 cm³/mol. The zero-order valence-corrected chi connectivity index (χ0v) is 10.3. The smallest absolute Gasteiger partial charge is 0.393 e. The van der Waals surface area contributed by atoms with Gasteiger partial charge in [-0.3, -0.25) is 4.79 Å². The second kappa shape index (κ2) is 4.65. The fourth-order valence-electron chi connectivity index (χ4n) is 1.66. The van der Waals surface area contributed by atoms with Crippen molar-refractivity contribution in [3.8, 4) is 0 Å². The third kappa shape index (κ3) is 2.60. The first-order chi connectivity index (χ1) is 8.80. The number of aromatic nitrogens is 3. The minimum Gasteiger partial charge on any atom is -0.393 e. The summed E-state index contributed by atoms with van der Waals surface area (Å²) in [5, 5.41) is 3.81. The van der Waals surface area contributed by atoms with E-state index in [1.165, 1.54) is 29.2 Å². The lowest BCUT2D eigenvalue weighted by Gasteiger charge is -2.19. The molecule has 2 heterocycles. The summed E-state index contributed by atoms with van der Waals surface area (Å²) in [6.45, 7) is -0.640. The topological polar surface area (TPSA) is 65.3 Å². The quantitative estimate of drug-likeness (QED) is 0.855. The van der Waals surface area contributed by atoms with Gasteiger partial charge < -0.3 is 10.3 Å². The summed E-state index contributed by atoms with van der Waals surface area (Å²) in [7, 11) is 0. The van der Waals surface area contributed by atoms with Crippen molar-refractivity contribution in [3.63, 3.8) is 0 Å². The monoisotopic (exact) mass is 290 g/mol. The molecule has 0 saturated heterocycles. The Bertz CT molecular complexity index is 675. The standard InChI is InChI=1S/C10H9F3N4OS/c11-10(12,13)6(8(14)19)5-16-3-4-17-7(9(16)18)1-2-15-17/h1-4,6H,5H2,(H2,14,19). The predicted octanol–water partition coefficient (Wildman–Crippen LogP) is 0.961. The average molecular weight is 290 g/mol. The molecule has 0 bridgehead atoms. The molecule has 0 fully saturated rings. The van der Waals surface area contributed by atoms with Crippen molar-refractivity contribution in [2.24, 2.45) is 11.7 Å². The maximum absolute atomic E-state index is 12.7. The Morgan fingerprint density at radius 3 is 2.74 bits per heavy atom. The van der Waals surface area contributed by atoms with Crippen LogP contribution in [0.4, 0.5) is 13.2 Å². The van der Waals surface area contributed by atoms with Gasteiger partial charge in [0, 0.05) is 18.9 Å². The largest absolute Gasteiger partial charge is 0.399 e. The van der Waals surface area contributed by atoms with Gasteiger partial charge in [0.25, 0.3) is 5.56 Å². The number of hydrogen-bond acceptors (Lipinski definition) is 3. The molecule has 1 unspecified atom stereocenters. The molecule has 9 heteroatoms. The van der Waals surface area contributed by atoms with Crippen molar-refractivity contribution in [1.29, 1.82) is 0 Å². The maximum atomic E-state index is 12.7. The summed E-state index contributed by atoms with van der Waals surface area (Å²) in [5.41, 5.74) is 4.70. The third-order valence-electron chi connectivity index (χ3n) is 2.66. The highest BCUT2D eigenvalue weighted by Gasteiger charge is 2.42. The van der Waals surface area contributed by atoms with Crippen molar-refractivity contribution < 1.29 is 13.2 Å². The molecule has 102 valence electrons. The first-order valence-corrected chi connectivity index (χ1v) is 5.60. The maximum Gasteiger partial charge on any atom is 0.399 e. The van der Waals surface area contributed by atoms with Crippen LogP contribution in [0.15, 0.2) is 29.5 Å². The summed E-state index contributed by atoms with van der Waals surface area (Å²) in [6, 6.07) is 1.42. The van der Waals surface area contributed by atoms with E-state index in [2.05, 4.69) is 17.3 Å². The van der Waals surface area contributed by atoms with Crippen LogP contribution in [-0.4, -0.2) is 25.3 Å². The summed E-state index contributed by atoms with van der Waals surface area (Å²) in [6.07, 6.45) is -0.587. The van der Waals surface area contributed by atoms with Gasteiger partial charge in [-0.25, -0.2) is 4.52 Å². The van der Waals surface area contributed by atoms with E-state index in [0.29, 0.717) is 0 Å². The van der Waals surface area contributed by atoms with Crippen molar-refractivity contribution >= 4 is 22.7 Å². The zero-order valence-electron chi connectivity index (χ0n) is 9.46. The van der Waals surface area contributed by atoms with Crippen LogP contribution in [0.3, 0.4) is 0 Å². The van der Waals surface area contributed by atoms with Crippen molar-refractivity contribution in [3.05, 3.63) is 35.0 Å². The van der Waals surface area contributed by atoms with Gasteiger partial charge in [0.2, 0.25) is 0 Å². The van der Waals surface area contributed by atoms with E-state index in [9.17, 15) is 18.0 Å². The molecule has 0 aliphatic heterocycles. The number of alkyl halides is 3. The van der Waals surface area contributed by atoms with E-state index >= 15 is 0 Å². The second-order valence-corrected chi connectivity index (χ2v) is 4.38. The van der Waals surface area contributed by atoms with Gasteiger partial charge in [0.15, 0.2) is 0 Å². The van der Waals surface area contributed by atoms with Gasteiger partial charge >= 0.3 is 6.18 Å². The Morgan fingerprint density at radius 1 is 1.47 bits per heavy atom. The van der Waals surface area contributed by atoms with Crippen LogP contribution in [0, 0.1) is 5.92 Å². The lowest BCUT2D eigenvalue weighted by Crippen LogP contribution is -2.40. The van der Waals surface area contributed by atoms with E-state index in [1.807, 2.05) is 0 Å². The van der Waals surface area contributed by atoms with Crippen LogP contribution in [0.25, 0.3) is 5.52 Å². The Balaban J connectivity index is 2.42. The number of nitrogens with two attached hydrogens (primary N) is 1. The molecule has 2 aromatic heterocycles. The van der Waals surface area contributed by atoms with Crippen LogP contribution in [0.2, 0.25) is 0 Å². The molecule has 0 spiro atoms. The lowest BCUT2D eigenvalue weighted by atomic mass is 10.1. The number of halogens is 3. The van der Waals surface area contributed by atoms with Gasteiger partial charge in [0.1, 0.15) is 11.4 Å². The lowest BCUT2D eigenvalue weighted by molar-refractivity contribution is -0.158. The van der Waals surface area contributed by atoms with Crippen molar-refractivity contribution in [2.45, 2.75) is 12.7 Å². The molecule has 5 nitrogen and oxygen atoms in total. The number of thiocarbonyl (C=S) groups is 1. The molecule has 0 aliphatic carbocycles.